The lowest BCUT2D eigenvalue weighted by molar-refractivity contribution is -0.140. The van der Waals surface area contributed by atoms with Gasteiger partial charge in [0.2, 0.25) is 0 Å². The van der Waals surface area contributed by atoms with Crippen molar-refractivity contribution in [3.63, 3.8) is 0 Å². The summed E-state index contributed by atoms with van der Waals surface area (Å²) in [6.07, 6.45) is 2.52. The van der Waals surface area contributed by atoms with Crippen molar-refractivity contribution in [3.8, 4) is 0 Å². The first kappa shape index (κ1) is 9.51. The molecule has 0 aliphatic rings. The van der Waals surface area contributed by atoms with E-state index in [0.29, 0.717) is 18.5 Å². The smallest absolute Gasteiger partial charge is 0.305 e. The van der Waals surface area contributed by atoms with Crippen molar-refractivity contribution >= 4 is 11.7 Å². The average molecular weight is 180 g/mol. The lowest BCUT2D eigenvalue weighted by atomic mass is 10.2. The van der Waals surface area contributed by atoms with E-state index in [0.717, 1.165) is 5.69 Å². The highest BCUT2D eigenvalue weighted by atomic mass is 16.5. The van der Waals surface area contributed by atoms with E-state index in [1.807, 2.05) is 0 Å². The molecule has 0 spiro atoms. The fourth-order valence-electron chi connectivity index (χ4n) is 0.916. The topological polar surface area (TPSA) is 65.2 Å². The number of hydrogen-bond acceptors (Lipinski definition) is 4. The van der Waals surface area contributed by atoms with Crippen LogP contribution in [-0.2, 0) is 16.0 Å². The van der Waals surface area contributed by atoms with Crippen molar-refractivity contribution in [1.82, 2.24) is 4.98 Å². The van der Waals surface area contributed by atoms with Crippen molar-refractivity contribution in [1.29, 1.82) is 0 Å². The molecule has 0 atom stereocenters. The van der Waals surface area contributed by atoms with E-state index in [2.05, 4.69) is 9.72 Å². The molecule has 2 N–H and O–H groups in total. The van der Waals surface area contributed by atoms with Gasteiger partial charge < -0.3 is 10.5 Å². The molecule has 4 nitrogen and oxygen atoms in total. The highest BCUT2D eigenvalue weighted by molar-refractivity contribution is 5.69. The molecule has 0 unspecified atom stereocenters. The van der Waals surface area contributed by atoms with Crippen molar-refractivity contribution in [3.05, 3.63) is 24.0 Å². The Kier molecular flexibility index (Phi) is 3.25. The summed E-state index contributed by atoms with van der Waals surface area (Å²) in [6, 6.07) is 3.57. The number of aryl methyl sites for hydroxylation is 1. The van der Waals surface area contributed by atoms with Crippen LogP contribution in [0.1, 0.15) is 12.1 Å². The number of carbonyl (C=O) groups excluding carboxylic acids is 1. The van der Waals surface area contributed by atoms with Crippen LogP contribution in [0.3, 0.4) is 0 Å². The Morgan fingerprint density at radius 2 is 2.38 bits per heavy atom. The molecule has 1 heterocycles. The third-order valence-corrected chi connectivity index (χ3v) is 1.66. The van der Waals surface area contributed by atoms with Crippen LogP contribution in [0.15, 0.2) is 18.3 Å². The molecule has 4 heteroatoms. The molecule has 1 aromatic heterocycles. The number of nitrogens with zero attached hydrogens (tertiary/aromatic N) is 1. The maximum Gasteiger partial charge on any atom is 0.305 e. The summed E-state index contributed by atoms with van der Waals surface area (Å²) in [7, 11) is 1.37. The van der Waals surface area contributed by atoms with E-state index in [1.165, 1.54) is 7.11 Å². The third kappa shape index (κ3) is 3.11. The van der Waals surface area contributed by atoms with E-state index < -0.39 is 0 Å². The molecule has 1 rings (SSSR count). The van der Waals surface area contributed by atoms with Gasteiger partial charge in [0.1, 0.15) is 0 Å². The van der Waals surface area contributed by atoms with Crippen LogP contribution in [0.4, 0.5) is 5.69 Å². The third-order valence-electron chi connectivity index (χ3n) is 1.66. The van der Waals surface area contributed by atoms with Gasteiger partial charge in [-0.05, 0) is 12.1 Å². The number of ether oxygens (including phenoxy) is 1. The van der Waals surface area contributed by atoms with Crippen LogP contribution in [0.2, 0.25) is 0 Å². The summed E-state index contributed by atoms with van der Waals surface area (Å²) in [4.78, 5) is 14.8. The zero-order valence-corrected chi connectivity index (χ0v) is 7.49. The predicted molar refractivity (Wildman–Crippen MR) is 49.0 cm³/mol. The van der Waals surface area contributed by atoms with E-state index in [-0.39, 0.29) is 5.97 Å². The molecule has 0 saturated heterocycles. The number of rotatable bonds is 3. The van der Waals surface area contributed by atoms with E-state index in [1.54, 1.807) is 18.3 Å². The molecular formula is C9H12N2O2. The standard InChI is InChI=1S/C9H12N2O2/c1-13-9(12)5-4-8-3-2-7(10)6-11-8/h2-3,6H,4-5,10H2,1H3. The molecule has 1 aromatic rings. The summed E-state index contributed by atoms with van der Waals surface area (Å²) < 4.78 is 4.50. The minimum absolute atomic E-state index is 0.223. The summed E-state index contributed by atoms with van der Waals surface area (Å²) in [5.41, 5.74) is 6.93. The quantitative estimate of drug-likeness (QED) is 0.698. The first-order valence-electron chi connectivity index (χ1n) is 3.99. The predicted octanol–water partition coefficient (Wildman–Crippen LogP) is 0.769. The fraction of sp³-hybridized carbons (Fsp3) is 0.333. The second kappa shape index (κ2) is 4.45. The molecule has 0 aromatic carbocycles. The van der Waals surface area contributed by atoms with Gasteiger partial charge in [0.25, 0.3) is 0 Å². The second-order valence-electron chi connectivity index (χ2n) is 2.66. The van der Waals surface area contributed by atoms with E-state index >= 15 is 0 Å². The van der Waals surface area contributed by atoms with Crippen LogP contribution in [-0.4, -0.2) is 18.1 Å². The normalized spacial score (nSPS) is 9.62. The summed E-state index contributed by atoms with van der Waals surface area (Å²) in [6.45, 7) is 0. The monoisotopic (exact) mass is 180 g/mol. The second-order valence-corrected chi connectivity index (χ2v) is 2.66. The van der Waals surface area contributed by atoms with Crippen molar-refractivity contribution in [2.75, 3.05) is 12.8 Å². The fourth-order valence-corrected chi connectivity index (χ4v) is 0.916. The minimum atomic E-state index is -0.223. The van der Waals surface area contributed by atoms with Crippen LogP contribution in [0, 0.1) is 0 Å². The number of hydrogen-bond donors (Lipinski definition) is 1. The van der Waals surface area contributed by atoms with Gasteiger partial charge in [0, 0.05) is 12.1 Å². The van der Waals surface area contributed by atoms with Gasteiger partial charge in [-0.15, -0.1) is 0 Å². The zero-order chi connectivity index (χ0) is 9.68. The van der Waals surface area contributed by atoms with Crippen LogP contribution in [0.5, 0.6) is 0 Å². The SMILES string of the molecule is COC(=O)CCc1ccc(N)cn1. The Bertz CT molecular complexity index is 282. The minimum Gasteiger partial charge on any atom is -0.469 e. The number of methoxy groups -OCH3 is 1. The molecule has 0 aliphatic heterocycles. The van der Waals surface area contributed by atoms with Gasteiger partial charge in [0.05, 0.1) is 25.4 Å². The van der Waals surface area contributed by atoms with Gasteiger partial charge in [-0.2, -0.15) is 0 Å². The van der Waals surface area contributed by atoms with E-state index in [9.17, 15) is 4.79 Å². The maximum atomic E-state index is 10.8. The zero-order valence-electron chi connectivity index (χ0n) is 7.49. The number of esters is 1. The molecule has 0 bridgehead atoms. The molecule has 0 fully saturated rings. The van der Waals surface area contributed by atoms with Crippen LogP contribution in [0.25, 0.3) is 0 Å². The number of aromatic nitrogens is 1. The van der Waals surface area contributed by atoms with E-state index in [4.69, 9.17) is 5.73 Å². The highest BCUT2D eigenvalue weighted by Crippen LogP contribution is 2.03. The Morgan fingerprint density at radius 3 is 2.92 bits per heavy atom. The summed E-state index contributed by atoms with van der Waals surface area (Å²) >= 11 is 0. The van der Waals surface area contributed by atoms with Gasteiger partial charge >= 0.3 is 5.97 Å². The molecule has 0 radical (unpaired) electrons. The molecule has 70 valence electrons. The number of carbonyl (C=O) groups is 1. The number of anilines is 1. The first-order chi connectivity index (χ1) is 6.22. The molecule has 0 aliphatic carbocycles. The van der Waals surface area contributed by atoms with Gasteiger partial charge in [-0.3, -0.25) is 9.78 Å². The lowest BCUT2D eigenvalue weighted by Crippen LogP contribution is -2.03. The van der Waals surface area contributed by atoms with Crippen molar-refractivity contribution in [2.24, 2.45) is 0 Å². The molecule has 0 saturated carbocycles. The number of nitrogen functional groups attached to an aromatic ring is 1. The lowest BCUT2D eigenvalue weighted by Gasteiger charge is -1.99. The summed E-state index contributed by atoms with van der Waals surface area (Å²) in [5, 5.41) is 0. The van der Waals surface area contributed by atoms with Gasteiger partial charge in [0.15, 0.2) is 0 Å². The molecule has 0 amide bonds. The first-order valence-corrected chi connectivity index (χ1v) is 3.99. The summed E-state index contributed by atoms with van der Waals surface area (Å²) in [5.74, 6) is -0.223. The van der Waals surface area contributed by atoms with Crippen LogP contribution < -0.4 is 5.73 Å². The average Bonchev–Trinajstić information content (AvgIpc) is 2.16. The Labute approximate surface area is 76.7 Å². The molecular weight excluding hydrogens is 168 g/mol. The molecule has 13 heavy (non-hydrogen) atoms. The Morgan fingerprint density at radius 1 is 1.62 bits per heavy atom. The number of nitrogens with two attached hydrogens (primary N) is 1. The van der Waals surface area contributed by atoms with Gasteiger partial charge in [-0.25, -0.2) is 0 Å². The largest absolute Gasteiger partial charge is 0.469 e. The van der Waals surface area contributed by atoms with Crippen molar-refractivity contribution in [2.45, 2.75) is 12.8 Å². The Hall–Kier alpha value is -1.58. The van der Waals surface area contributed by atoms with Crippen molar-refractivity contribution < 1.29 is 9.53 Å². The van der Waals surface area contributed by atoms with Crippen LogP contribution >= 0.6 is 0 Å². The number of pyridine rings is 1. The van der Waals surface area contributed by atoms with Gasteiger partial charge in [-0.1, -0.05) is 0 Å². The highest BCUT2D eigenvalue weighted by Gasteiger charge is 2.01. The Balaban J connectivity index is 2.46. The maximum absolute atomic E-state index is 10.8.